The lowest BCUT2D eigenvalue weighted by atomic mass is 9.72. The van der Waals surface area contributed by atoms with Crippen LogP contribution in [0.5, 0.6) is 0 Å². The molecule has 10 nitrogen and oxygen atoms in total. The molecule has 3 aliphatic rings. The van der Waals surface area contributed by atoms with Gasteiger partial charge in [-0.05, 0) is 120 Å². The molecule has 0 radical (unpaired) electrons. The van der Waals surface area contributed by atoms with Gasteiger partial charge >= 0.3 is 0 Å². The first-order valence-corrected chi connectivity index (χ1v) is 22.5. The maximum absolute atomic E-state index is 15.8. The zero-order valence-electron chi connectivity index (χ0n) is 32.4. The molecule has 3 aromatic rings. The number of halogens is 2. The van der Waals surface area contributed by atoms with Gasteiger partial charge < -0.3 is 16.0 Å². The van der Waals surface area contributed by atoms with Crippen LogP contribution in [0.3, 0.4) is 0 Å². The summed E-state index contributed by atoms with van der Waals surface area (Å²) in [5.74, 6) is 0.506. The summed E-state index contributed by atoms with van der Waals surface area (Å²) in [6.07, 6.45) is 8.53. The van der Waals surface area contributed by atoms with Crippen molar-refractivity contribution in [1.82, 2.24) is 30.0 Å². The van der Waals surface area contributed by atoms with Crippen LogP contribution < -0.4 is 16.0 Å². The number of piperidine rings is 2. The molecule has 0 spiro atoms. The molecule has 3 heterocycles. The maximum atomic E-state index is 15.8. The van der Waals surface area contributed by atoms with Gasteiger partial charge in [-0.2, -0.15) is 9.40 Å². The van der Waals surface area contributed by atoms with E-state index in [2.05, 4.69) is 16.0 Å². The average Bonchev–Trinajstić information content (AvgIpc) is 3.46. The Labute approximate surface area is 336 Å². The molecule has 14 heteroatoms. The number of rotatable bonds is 14. The topological polar surface area (TPSA) is 125 Å². The summed E-state index contributed by atoms with van der Waals surface area (Å²) >= 11 is 0. The molecule has 3 fully saturated rings. The third kappa shape index (κ3) is 9.56. The Morgan fingerprint density at radius 1 is 0.852 bits per heavy atom. The standard InChI is InChI=1S/C40H60N6O4S2.2ClH/c1-30(2)29-45(52(49,50)37-17-15-33(16-18-37)27-43-28-34-19-23-41-24-20-34)39(40(21-25-42-26-22-40)35-11-7-5-8-12-35)51(47,48)38-31(3)44-46(32(38)4)36-13-9-6-10-14-36;;/h5,7-8,11-12,15-18,30,34,36,39,41-43H,6,9-10,13-14,19-29H2,1-4H3;2*1H. The normalized spacial score (nSPS) is 19.3. The molecule has 2 saturated heterocycles. The molecule has 1 saturated carbocycles. The van der Waals surface area contributed by atoms with Crippen LogP contribution in [0.4, 0.5) is 0 Å². The maximum Gasteiger partial charge on any atom is 0.244 e. The summed E-state index contributed by atoms with van der Waals surface area (Å²) in [6, 6.07) is 16.9. The Bertz CT molecular complexity index is 1840. The molecule has 2 aromatic carbocycles. The zero-order chi connectivity index (χ0) is 36.9. The van der Waals surface area contributed by atoms with Crippen molar-refractivity contribution in [3.05, 3.63) is 77.1 Å². The van der Waals surface area contributed by atoms with Gasteiger partial charge in [-0.15, -0.1) is 24.8 Å². The SMILES string of the molecule is Cc1nn(C2CCCCC2)c(C)c1S(=O)(=O)C(N(CC(C)C)S(=O)(=O)c1ccc(CNCC2CCNCC2)cc1)C1(c2ccccc2)CCNCC1.Cl.Cl. The average molecular weight is 826 g/mol. The number of sulfone groups is 1. The molecular formula is C40H62Cl2N6O4S2. The monoisotopic (exact) mass is 824 g/mol. The highest BCUT2D eigenvalue weighted by Gasteiger charge is 2.55. The highest BCUT2D eigenvalue weighted by Crippen LogP contribution is 2.46. The second-order valence-corrected chi connectivity index (χ2v) is 19.7. The lowest BCUT2D eigenvalue weighted by Gasteiger charge is -2.48. The molecule has 302 valence electrons. The number of aryl methyl sites for hydroxylation is 1. The first kappa shape index (κ1) is 44.7. The lowest BCUT2D eigenvalue weighted by molar-refractivity contribution is 0.198. The number of hydrogen-bond acceptors (Lipinski definition) is 8. The number of nitrogens with zero attached hydrogens (tertiary/aromatic N) is 3. The van der Waals surface area contributed by atoms with Crippen molar-refractivity contribution in [2.24, 2.45) is 11.8 Å². The minimum Gasteiger partial charge on any atom is -0.317 e. The Hall–Kier alpha value is -2.03. The van der Waals surface area contributed by atoms with Crippen molar-refractivity contribution in [2.45, 2.75) is 119 Å². The number of benzene rings is 2. The van der Waals surface area contributed by atoms with Crippen LogP contribution in [0.1, 0.15) is 100 Å². The summed E-state index contributed by atoms with van der Waals surface area (Å²) in [7, 11) is -8.63. The Balaban J connectivity index is 0.00000325. The molecule has 0 amide bonds. The van der Waals surface area contributed by atoms with E-state index in [0.29, 0.717) is 49.8 Å². The van der Waals surface area contributed by atoms with E-state index in [1.165, 1.54) is 10.7 Å². The van der Waals surface area contributed by atoms with E-state index in [1.807, 2.05) is 67.9 Å². The van der Waals surface area contributed by atoms with Gasteiger partial charge in [0.15, 0.2) is 9.84 Å². The van der Waals surface area contributed by atoms with Crippen LogP contribution in [0.25, 0.3) is 0 Å². The highest BCUT2D eigenvalue weighted by molar-refractivity contribution is 7.94. The van der Waals surface area contributed by atoms with Gasteiger partial charge in [0.05, 0.1) is 22.3 Å². The van der Waals surface area contributed by atoms with Crippen LogP contribution in [-0.4, -0.2) is 75.6 Å². The van der Waals surface area contributed by atoms with E-state index in [-0.39, 0.29) is 53.1 Å². The number of aromatic nitrogens is 2. The fourth-order valence-electron chi connectivity index (χ4n) is 9.00. The molecule has 1 atom stereocenters. The number of nitrogens with one attached hydrogen (secondary N) is 3. The van der Waals surface area contributed by atoms with Crippen LogP contribution >= 0.6 is 24.8 Å². The number of hydrogen-bond donors (Lipinski definition) is 3. The molecule has 1 aliphatic carbocycles. The van der Waals surface area contributed by atoms with Gasteiger partial charge in [-0.1, -0.05) is 75.6 Å². The predicted molar refractivity (Wildman–Crippen MR) is 222 cm³/mol. The molecule has 1 aromatic heterocycles. The lowest BCUT2D eigenvalue weighted by Crippen LogP contribution is -2.60. The van der Waals surface area contributed by atoms with E-state index in [4.69, 9.17) is 5.10 Å². The van der Waals surface area contributed by atoms with Gasteiger partial charge in [0.2, 0.25) is 10.0 Å². The molecule has 3 N–H and O–H groups in total. The summed E-state index contributed by atoms with van der Waals surface area (Å²) in [4.78, 5) is 0.287. The molecule has 0 bridgehead atoms. The van der Waals surface area contributed by atoms with Crippen molar-refractivity contribution < 1.29 is 16.8 Å². The van der Waals surface area contributed by atoms with E-state index >= 15 is 16.8 Å². The van der Waals surface area contributed by atoms with Gasteiger partial charge in [0, 0.05) is 18.5 Å². The first-order chi connectivity index (χ1) is 24.9. The highest BCUT2D eigenvalue weighted by atomic mass is 35.5. The summed E-state index contributed by atoms with van der Waals surface area (Å²) < 4.78 is 65.1. The second-order valence-electron chi connectivity index (χ2n) is 15.8. The Morgan fingerprint density at radius 2 is 1.46 bits per heavy atom. The van der Waals surface area contributed by atoms with Crippen LogP contribution in [-0.2, 0) is 31.8 Å². The number of sulfonamides is 1. The summed E-state index contributed by atoms with van der Waals surface area (Å²) in [6.45, 7) is 12.4. The summed E-state index contributed by atoms with van der Waals surface area (Å²) in [5, 5.41) is 13.9. The smallest absolute Gasteiger partial charge is 0.244 e. The quantitative estimate of drug-likeness (QED) is 0.164. The van der Waals surface area contributed by atoms with Gasteiger partial charge in [-0.3, -0.25) is 4.68 Å². The zero-order valence-corrected chi connectivity index (χ0v) is 35.7. The molecule has 54 heavy (non-hydrogen) atoms. The van der Waals surface area contributed by atoms with E-state index in [9.17, 15) is 0 Å². The molecule has 1 unspecified atom stereocenters. The van der Waals surface area contributed by atoms with Crippen molar-refractivity contribution >= 4 is 44.7 Å². The van der Waals surface area contributed by atoms with Gasteiger partial charge in [0.1, 0.15) is 10.3 Å². The Morgan fingerprint density at radius 3 is 2.07 bits per heavy atom. The van der Waals surface area contributed by atoms with Crippen molar-refractivity contribution in [1.29, 1.82) is 0 Å². The fourth-order valence-corrected chi connectivity index (χ4v) is 13.9. The van der Waals surface area contributed by atoms with E-state index < -0.39 is 30.6 Å². The first-order valence-electron chi connectivity index (χ1n) is 19.5. The van der Waals surface area contributed by atoms with Crippen molar-refractivity contribution in [3.63, 3.8) is 0 Å². The van der Waals surface area contributed by atoms with Gasteiger partial charge in [0.25, 0.3) is 0 Å². The predicted octanol–water partition coefficient (Wildman–Crippen LogP) is 6.71. The third-order valence-electron chi connectivity index (χ3n) is 11.6. The van der Waals surface area contributed by atoms with Crippen LogP contribution in [0.2, 0.25) is 0 Å². The van der Waals surface area contributed by atoms with Crippen molar-refractivity contribution in [2.75, 3.05) is 39.3 Å². The fraction of sp³-hybridized carbons (Fsp3) is 0.625. The van der Waals surface area contributed by atoms with Gasteiger partial charge in [-0.25, -0.2) is 16.8 Å². The Kier molecular flexibility index (Phi) is 16.1. The van der Waals surface area contributed by atoms with E-state index in [0.717, 1.165) is 69.3 Å². The molecule has 6 rings (SSSR count). The minimum atomic E-state index is -4.33. The molecular weight excluding hydrogens is 764 g/mol. The van der Waals surface area contributed by atoms with E-state index in [1.54, 1.807) is 19.1 Å². The van der Waals surface area contributed by atoms with Crippen LogP contribution in [0, 0.1) is 25.7 Å². The third-order valence-corrected chi connectivity index (χ3v) is 16.1. The summed E-state index contributed by atoms with van der Waals surface area (Å²) in [5.41, 5.74) is 1.88. The molecule has 2 aliphatic heterocycles. The van der Waals surface area contributed by atoms with Crippen LogP contribution in [0.15, 0.2) is 64.4 Å². The second kappa shape index (κ2) is 19.4. The largest absolute Gasteiger partial charge is 0.317 e. The minimum absolute atomic E-state index is 0. The van der Waals surface area contributed by atoms with Crippen molar-refractivity contribution in [3.8, 4) is 0 Å².